The van der Waals surface area contributed by atoms with Crippen LogP contribution in [-0.4, -0.2) is 52.8 Å². The minimum Gasteiger partial charge on any atom is -0.503 e. The smallest absolute Gasteiger partial charge is 0.290 e. The lowest BCUT2D eigenvalue weighted by Crippen LogP contribution is -2.40. The highest BCUT2D eigenvalue weighted by Crippen LogP contribution is 2.43. The Balaban J connectivity index is 1.59. The first-order valence-electron chi connectivity index (χ1n) is 9.63. The monoisotopic (exact) mass is 358 g/mol. The number of aliphatic hydroxyl groups is 1. The highest BCUT2D eigenvalue weighted by molar-refractivity contribution is 6.10. The van der Waals surface area contributed by atoms with Crippen molar-refractivity contribution in [1.29, 1.82) is 0 Å². The Morgan fingerprint density at radius 3 is 2.54 bits per heavy atom. The molecule has 1 saturated heterocycles. The fourth-order valence-electron chi connectivity index (χ4n) is 4.03. The molecule has 4 rings (SSSR count). The molecule has 1 N–H and O–H groups in total. The Morgan fingerprint density at radius 2 is 1.92 bits per heavy atom. The number of aryl methyl sites for hydroxylation is 1. The average molecular weight is 358 g/mol. The number of furan rings is 1. The summed E-state index contributed by atoms with van der Waals surface area (Å²) in [5.41, 5.74) is 0.227. The first kappa shape index (κ1) is 17.3. The molecule has 0 spiro atoms. The highest BCUT2D eigenvalue weighted by atomic mass is 16.3. The molecule has 0 bridgehead atoms. The van der Waals surface area contributed by atoms with Gasteiger partial charge in [0.2, 0.25) is 0 Å². The van der Waals surface area contributed by atoms with E-state index >= 15 is 0 Å². The maximum absolute atomic E-state index is 12.8. The van der Waals surface area contributed by atoms with Gasteiger partial charge in [0.15, 0.2) is 11.5 Å². The molecule has 1 aliphatic carbocycles. The van der Waals surface area contributed by atoms with E-state index in [1.54, 1.807) is 11.0 Å². The van der Waals surface area contributed by atoms with Crippen molar-refractivity contribution in [1.82, 2.24) is 9.80 Å². The number of likely N-dealkylation sites (tertiary alicyclic amines) is 1. The van der Waals surface area contributed by atoms with Crippen molar-refractivity contribution >= 4 is 11.7 Å². The third kappa shape index (κ3) is 3.18. The lowest BCUT2D eigenvalue weighted by molar-refractivity contribution is -0.129. The first-order valence-corrected chi connectivity index (χ1v) is 9.63. The number of rotatable bonds is 6. The van der Waals surface area contributed by atoms with Crippen LogP contribution >= 0.6 is 0 Å². The molecule has 1 aromatic rings. The number of amides is 1. The molecule has 6 heteroatoms. The Bertz CT molecular complexity index is 741. The van der Waals surface area contributed by atoms with Gasteiger partial charge in [0, 0.05) is 19.0 Å². The Hall–Kier alpha value is -2.08. The first-order chi connectivity index (χ1) is 12.6. The van der Waals surface area contributed by atoms with Gasteiger partial charge >= 0.3 is 0 Å². The predicted molar refractivity (Wildman–Crippen MR) is 95.6 cm³/mol. The molecule has 1 atom stereocenters. The number of aliphatic hydroxyl groups excluding tert-OH is 1. The molecule has 26 heavy (non-hydrogen) atoms. The minimum absolute atomic E-state index is 0.0550. The van der Waals surface area contributed by atoms with E-state index in [9.17, 15) is 14.7 Å². The zero-order chi connectivity index (χ0) is 18.3. The third-order valence-corrected chi connectivity index (χ3v) is 5.65. The van der Waals surface area contributed by atoms with Crippen LogP contribution in [0.1, 0.15) is 49.7 Å². The summed E-state index contributed by atoms with van der Waals surface area (Å²) in [6.45, 7) is 5.15. The van der Waals surface area contributed by atoms with Crippen molar-refractivity contribution in [2.45, 2.75) is 45.1 Å². The van der Waals surface area contributed by atoms with Crippen molar-refractivity contribution in [3.05, 3.63) is 35.0 Å². The SMILES string of the molecule is Cc1ccc(C2C(C(=O)C3CC3)=C(O)C(=O)N2CCN2CCCCC2)o1. The van der Waals surface area contributed by atoms with Crippen LogP contribution in [0.4, 0.5) is 0 Å². The fourth-order valence-corrected chi connectivity index (χ4v) is 4.03. The molecule has 2 fully saturated rings. The van der Waals surface area contributed by atoms with Gasteiger partial charge in [-0.25, -0.2) is 0 Å². The molecule has 6 nitrogen and oxygen atoms in total. The molecule has 1 amide bonds. The summed E-state index contributed by atoms with van der Waals surface area (Å²) in [5, 5.41) is 10.5. The summed E-state index contributed by atoms with van der Waals surface area (Å²) in [6.07, 6.45) is 5.30. The molecule has 3 heterocycles. The van der Waals surface area contributed by atoms with Crippen LogP contribution in [0, 0.1) is 12.8 Å². The van der Waals surface area contributed by atoms with Crippen LogP contribution in [0.25, 0.3) is 0 Å². The fraction of sp³-hybridized carbons (Fsp3) is 0.600. The van der Waals surface area contributed by atoms with Gasteiger partial charge in [-0.15, -0.1) is 0 Å². The van der Waals surface area contributed by atoms with E-state index in [-0.39, 0.29) is 23.0 Å². The van der Waals surface area contributed by atoms with Crippen LogP contribution in [-0.2, 0) is 9.59 Å². The van der Waals surface area contributed by atoms with Crippen LogP contribution in [0.3, 0.4) is 0 Å². The lowest BCUT2D eigenvalue weighted by Gasteiger charge is -2.30. The van der Waals surface area contributed by atoms with Crippen molar-refractivity contribution in [2.24, 2.45) is 5.92 Å². The van der Waals surface area contributed by atoms with E-state index in [1.807, 2.05) is 13.0 Å². The zero-order valence-corrected chi connectivity index (χ0v) is 15.2. The Kier molecular flexibility index (Phi) is 4.61. The third-order valence-electron chi connectivity index (χ3n) is 5.65. The zero-order valence-electron chi connectivity index (χ0n) is 15.2. The number of nitrogens with zero attached hydrogens (tertiary/aromatic N) is 2. The van der Waals surface area contributed by atoms with Gasteiger partial charge in [0.25, 0.3) is 5.91 Å². The molecule has 0 aromatic carbocycles. The molecule has 1 unspecified atom stereocenters. The van der Waals surface area contributed by atoms with Crippen molar-refractivity contribution in [2.75, 3.05) is 26.2 Å². The summed E-state index contributed by atoms with van der Waals surface area (Å²) >= 11 is 0. The second kappa shape index (κ2) is 6.91. The van der Waals surface area contributed by atoms with Crippen molar-refractivity contribution in [3.63, 3.8) is 0 Å². The maximum atomic E-state index is 12.8. The van der Waals surface area contributed by atoms with Gasteiger partial charge in [-0.1, -0.05) is 6.42 Å². The Labute approximate surface area is 153 Å². The second-order valence-corrected chi connectivity index (χ2v) is 7.65. The van der Waals surface area contributed by atoms with E-state index in [2.05, 4.69) is 4.90 Å². The van der Waals surface area contributed by atoms with E-state index in [1.165, 1.54) is 19.3 Å². The molecule has 1 saturated carbocycles. The van der Waals surface area contributed by atoms with Gasteiger partial charge in [-0.2, -0.15) is 0 Å². The van der Waals surface area contributed by atoms with Gasteiger partial charge in [-0.05, 0) is 57.8 Å². The number of hydrogen-bond acceptors (Lipinski definition) is 5. The predicted octanol–water partition coefficient (Wildman–Crippen LogP) is 2.75. The number of carbonyl (C=O) groups is 2. The number of piperidine rings is 1. The van der Waals surface area contributed by atoms with E-state index in [0.717, 1.165) is 38.2 Å². The molecule has 3 aliphatic rings. The van der Waals surface area contributed by atoms with Crippen molar-refractivity contribution in [3.8, 4) is 0 Å². The molecule has 1 aromatic heterocycles. The minimum atomic E-state index is -0.603. The van der Waals surface area contributed by atoms with E-state index in [0.29, 0.717) is 12.3 Å². The van der Waals surface area contributed by atoms with Crippen molar-refractivity contribution < 1.29 is 19.1 Å². The summed E-state index contributed by atoms with van der Waals surface area (Å²) < 4.78 is 5.76. The summed E-state index contributed by atoms with van der Waals surface area (Å²) in [7, 11) is 0. The normalized spacial score (nSPS) is 24.6. The Morgan fingerprint density at radius 1 is 1.19 bits per heavy atom. The molecule has 2 aliphatic heterocycles. The largest absolute Gasteiger partial charge is 0.503 e. The lowest BCUT2D eigenvalue weighted by atomic mass is 9.98. The highest BCUT2D eigenvalue weighted by Gasteiger charge is 2.48. The van der Waals surface area contributed by atoms with Crippen LogP contribution < -0.4 is 0 Å². The second-order valence-electron chi connectivity index (χ2n) is 7.65. The number of ketones is 1. The molecular weight excluding hydrogens is 332 g/mol. The topological polar surface area (TPSA) is 74.0 Å². The van der Waals surface area contributed by atoms with Crippen LogP contribution in [0.15, 0.2) is 27.9 Å². The van der Waals surface area contributed by atoms with Gasteiger partial charge in [0.1, 0.15) is 17.6 Å². The molecular formula is C20H26N2O4. The van der Waals surface area contributed by atoms with E-state index < -0.39 is 11.9 Å². The summed E-state index contributed by atoms with van der Waals surface area (Å²) in [4.78, 5) is 29.4. The number of carbonyl (C=O) groups excluding carboxylic acids is 2. The quantitative estimate of drug-likeness (QED) is 0.846. The van der Waals surface area contributed by atoms with E-state index in [4.69, 9.17) is 4.42 Å². The van der Waals surface area contributed by atoms with Gasteiger partial charge in [-0.3, -0.25) is 9.59 Å². The molecule has 140 valence electrons. The number of hydrogen-bond donors (Lipinski definition) is 1. The van der Waals surface area contributed by atoms with Gasteiger partial charge in [0.05, 0.1) is 5.57 Å². The van der Waals surface area contributed by atoms with Crippen LogP contribution in [0.5, 0.6) is 0 Å². The maximum Gasteiger partial charge on any atom is 0.290 e. The molecule has 0 radical (unpaired) electrons. The summed E-state index contributed by atoms with van der Waals surface area (Å²) in [5.74, 6) is 0.288. The van der Waals surface area contributed by atoms with Crippen LogP contribution in [0.2, 0.25) is 0 Å². The summed E-state index contributed by atoms with van der Waals surface area (Å²) in [6, 6.07) is 3.03. The standard InChI is InChI=1S/C20H26N2O4/c1-13-5-8-15(26-13)17-16(18(23)14-6-7-14)19(24)20(25)22(17)12-11-21-9-3-2-4-10-21/h5,8,14,17,24H,2-4,6-7,9-12H2,1H3. The average Bonchev–Trinajstić information content (AvgIpc) is 3.37. The van der Waals surface area contributed by atoms with Gasteiger partial charge < -0.3 is 19.3 Å². The number of Topliss-reactive ketones (excluding diaryl/α,β-unsaturated/α-hetero) is 1.